The van der Waals surface area contributed by atoms with Crippen molar-refractivity contribution < 1.29 is 13.2 Å². The maximum Gasteiger partial charge on any atom is 0.246 e. The molecule has 118 valence electrons. The molecule has 1 aliphatic heterocycles. The molecule has 0 aliphatic carbocycles. The van der Waals surface area contributed by atoms with E-state index in [0.717, 1.165) is 19.6 Å². The quantitative estimate of drug-likeness (QED) is 0.783. The van der Waals surface area contributed by atoms with Gasteiger partial charge in [-0.3, -0.25) is 0 Å². The topological polar surface area (TPSA) is 49.9 Å². The molecule has 0 atom stereocenters. The predicted molar refractivity (Wildman–Crippen MR) is 86.6 cm³/mol. The first-order valence-corrected chi connectivity index (χ1v) is 9.26. The van der Waals surface area contributed by atoms with Crippen LogP contribution in [0.1, 0.15) is 6.92 Å². The third-order valence-electron chi connectivity index (χ3n) is 3.57. The van der Waals surface area contributed by atoms with E-state index in [4.69, 9.17) is 16.3 Å². The minimum Gasteiger partial charge on any atom is -0.494 e. The summed E-state index contributed by atoms with van der Waals surface area (Å²) in [5.41, 5.74) is 0. The molecule has 1 aromatic carbocycles. The molecule has 1 saturated heterocycles. The zero-order chi connectivity index (χ0) is 15.6. The SMILES string of the molecule is CCN1CCN(S(=O)(=O)c2cc(Cl)cc(Br)c2OC)CC1. The summed E-state index contributed by atoms with van der Waals surface area (Å²) < 4.78 is 32.9. The van der Waals surface area contributed by atoms with E-state index in [9.17, 15) is 8.42 Å². The molecule has 21 heavy (non-hydrogen) atoms. The van der Waals surface area contributed by atoms with E-state index in [-0.39, 0.29) is 10.6 Å². The third-order valence-corrected chi connectivity index (χ3v) is 6.29. The van der Waals surface area contributed by atoms with Crippen LogP contribution in [0.5, 0.6) is 5.75 Å². The van der Waals surface area contributed by atoms with Gasteiger partial charge in [-0.1, -0.05) is 18.5 Å². The van der Waals surface area contributed by atoms with Crippen LogP contribution in [0.4, 0.5) is 0 Å². The van der Waals surface area contributed by atoms with Gasteiger partial charge in [0, 0.05) is 31.2 Å². The van der Waals surface area contributed by atoms with Crippen LogP contribution in [-0.2, 0) is 10.0 Å². The lowest BCUT2D eigenvalue weighted by molar-refractivity contribution is 0.196. The average molecular weight is 398 g/mol. The highest BCUT2D eigenvalue weighted by Crippen LogP contribution is 2.36. The number of likely N-dealkylation sites (N-methyl/N-ethyl adjacent to an activating group) is 1. The molecule has 8 heteroatoms. The Kier molecular flexibility index (Phi) is 5.54. The van der Waals surface area contributed by atoms with Gasteiger partial charge in [0.1, 0.15) is 4.90 Å². The molecule has 0 spiro atoms. The zero-order valence-corrected chi connectivity index (χ0v) is 15.1. The van der Waals surface area contributed by atoms with Crippen molar-refractivity contribution >= 4 is 37.6 Å². The first kappa shape index (κ1) is 17.0. The Bertz CT molecular complexity index is 616. The van der Waals surface area contributed by atoms with E-state index < -0.39 is 10.0 Å². The average Bonchev–Trinajstić information content (AvgIpc) is 2.46. The van der Waals surface area contributed by atoms with Crippen molar-refractivity contribution in [3.05, 3.63) is 21.6 Å². The van der Waals surface area contributed by atoms with E-state index in [1.54, 1.807) is 6.07 Å². The molecule has 2 rings (SSSR count). The van der Waals surface area contributed by atoms with Crippen molar-refractivity contribution in [2.45, 2.75) is 11.8 Å². The lowest BCUT2D eigenvalue weighted by Crippen LogP contribution is -2.48. The molecular weight excluding hydrogens is 380 g/mol. The van der Waals surface area contributed by atoms with Gasteiger partial charge in [0.2, 0.25) is 10.0 Å². The molecule has 0 amide bonds. The minimum absolute atomic E-state index is 0.106. The number of rotatable bonds is 4. The Labute approximate surface area is 139 Å². The Hall–Kier alpha value is -0.340. The molecule has 5 nitrogen and oxygen atoms in total. The molecule has 1 fully saturated rings. The van der Waals surface area contributed by atoms with Gasteiger partial charge in [-0.2, -0.15) is 4.31 Å². The van der Waals surface area contributed by atoms with Crippen molar-refractivity contribution in [2.24, 2.45) is 0 Å². The second-order valence-electron chi connectivity index (χ2n) is 4.76. The van der Waals surface area contributed by atoms with Gasteiger partial charge in [-0.05, 0) is 34.6 Å². The van der Waals surface area contributed by atoms with E-state index in [2.05, 4.69) is 27.8 Å². The van der Waals surface area contributed by atoms with Crippen LogP contribution in [0.15, 0.2) is 21.5 Å². The summed E-state index contributed by atoms with van der Waals surface area (Å²) in [4.78, 5) is 2.33. The highest BCUT2D eigenvalue weighted by molar-refractivity contribution is 9.10. The van der Waals surface area contributed by atoms with Crippen molar-refractivity contribution in [2.75, 3.05) is 39.8 Å². The van der Waals surface area contributed by atoms with Gasteiger partial charge in [0.25, 0.3) is 0 Å². The van der Waals surface area contributed by atoms with Crippen molar-refractivity contribution in [1.29, 1.82) is 0 Å². The van der Waals surface area contributed by atoms with E-state index >= 15 is 0 Å². The predicted octanol–water partition coefficient (Wildman–Crippen LogP) is 2.44. The smallest absolute Gasteiger partial charge is 0.246 e. The standard InChI is InChI=1S/C13H18BrClN2O3S/c1-3-16-4-6-17(7-5-16)21(18,19)12-9-10(15)8-11(14)13(12)20-2/h8-9H,3-7H2,1-2H3. The Balaban J connectivity index is 2.36. The van der Waals surface area contributed by atoms with Crippen LogP contribution in [0.3, 0.4) is 0 Å². The van der Waals surface area contributed by atoms with E-state index in [1.165, 1.54) is 17.5 Å². The first-order chi connectivity index (χ1) is 9.90. The third kappa shape index (κ3) is 3.53. The highest BCUT2D eigenvalue weighted by Gasteiger charge is 2.31. The highest BCUT2D eigenvalue weighted by atomic mass is 79.9. The van der Waals surface area contributed by atoms with Crippen LogP contribution >= 0.6 is 27.5 Å². The minimum atomic E-state index is -3.61. The summed E-state index contributed by atoms with van der Waals surface area (Å²) >= 11 is 9.29. The van der Waals surface area contributed by atoms with Gasteiger partial charge >= 0.3 is 0 Å². The fourth-order valence-electron chi connectivity index (χ4n) is 2.35. The van der Waals surface area contributed by atoms with Crippen LogP contribution in [0, 0.1) is 0 Å². The van der Waals surface area contributed by atoms with Crippen molar-refractivity contribution in [1.82, 2.24) is 9.21 Å². The monoisotopic (exact) mass is 396 g/mol. The summed E-state index contributed by atoms with van der Waals surface area (Å²) in [6, 6.07) is 3.06. The first-order valence-electron chi connectivity index (χ1n) is 6.65. The molecule has 0 saturated carbocycles. The number of nitrogens with zero attached hydrogens (tertiary/aromatic N) is 2. The number of sulfonamides is 1. The molecule has 1 heterocycles. The van der Waals surface area contributed by atoms with Gasteiger partial charge in [0.15, 0.2) is 5.75 Å². The van der Waals surface area contributed by atoms with Crippen LogP contribution in [0.25, 0.3) is 0 Å². The number of hydrogen-bond acceptors (Lipinski definition) is 4. The van der Waals surface area contributed by atoms with E-state index in [1.807, 2.05) is 0 Å². The Morgan fingerprint density at radius 3 is 2.43 bits per heavy atom. The maximum atomic E-state index is 12.8. The summed E-state index contributed by atoms with van der Waals surface area (Å²) in [6.45, 7) is 5.42. The fourth-order valence-corrected chi connectivity index (χ4v) is 5.15. The lowest BCUT2D eigenvalue weighted by atomic mass is 10.3. The number of benzene rings is 1. The summed E-state index contributed by atoms with van der Waals surface area (Å²) in [5.74, 6) is 0.289. The van der Waals surface area contributed by atoms with Crippen molar-refractivity contribution in [3.63, 3.8) is 0 Å². The number of ether oxygens (including phenoxy) is 1. The number of methoxy groups -OCH3 is 1. The Morgan fingerprint density at radius 1 is 1.29 bits per heavy atom. The molecule has 0 unspecified atom stereocenters. The van der Waals surface area contributed by atoms with Crippen LogP contribution in [0.2, 0.25) is 5.02 Å². The second-order valence-corrected chi connectivity index (χ2v) is 7.95. The van der Waals surface area contributed by atoms with Gasteiger partial charge in [0.05, 0.1) is 11.6 Å². The summed E-state index contributed by atoms with van der Waals surface area (Å²) in [6.07, 6.45) is 0. The second kappa shape index (κ2) is 6.83. The van der Waals surface area contributed by atoms with Gasteiger partial charge in [-0.25, -0.2) is 8.42 Å². The fraction of sp³-hybridized carbons (Fsp3) is 0.538. The Morgan fingerprint density at radius 2 is 1.90 bits per heavy atom. The van der Waals surface area contributed by atoms with E-state index in [0.29, 0.717) is 22.6 Å². The van der Waals surface area contributed by atoms with Gasteiger partial charge in [-0.15, -0.1) is 0 Å². The number of piperazine rings is 1. The van der Waals surface area contributed by atoms with Crippen LogP contribution < -0.4 is 4.74 Å². The molecule has 1 aliphatic rings. The molecule has 0 N–H and O–H groups in total. The number of halogens is 2. The normalized spacial score (nSPS) is 17.9. The molecule has 0 radical (unpaired) electrons. The summed E-state index contributed by atoms with van der Waals surface area (Å²) in [7, 11) is -2.17. The number of hydrogen-bond donors (Lipinski definition) is 0. The maximum absolute atomic E-state index is 12.8. The zero-order valence-electron chi connectivity index (χ0n) is 12.0. The molecule has 0 aromatic heterocycles. The van der Waals surface area contributed by atoms with Crippen molar-refractivity contribution in [3.8, 4) is 5.75 Å². The largest absolute Gasteiger partial charge is 0.494 e. The lowest BCUT2D eigenvalue weighted by Gasteiger charge is -2.33. The molecular formula is C13H18BrClN2O3S. The molecule has 1 aromatic rings. The van der Waals surface area contributed by atoms with Gasteiger partial charge < -0.3 is 9.64 Å². The van der Waals surface area contributed by atoms with Crippen LogP contribution in [-0.4, -0.2) is 57.5 Å². The molecule has 0 bridgehead atoms. The summed E-state index contributed by atoms with van der Waals surface area (Å²) in [5, 5.41) is 0.355.